The van der Waals surface area contributed by atoms with E-state index in [1.54, 1.807) is 18.3 Å². The number of amides is 2. The van der Waals surface area contributed by atoms with Crippen molar-refractivity contribution >= 4 is 45.8 Å². The first kappa shape index (κ1) is 32.2. The van der Waals surface area contributed by atoms with Gasteiger partial charge in [-0.25, -0.2) is 9.37 Å². The minimum Gasteiger partial charge on any atom is -0.366 e. The number of carbonyl (C=O) groups is 2. The molecular formula is C37H39FN6O2S. The number of thiophene rings is 1. The van der Waals surface area contributed by atoms with Crippen molar-refractivity contribution in [3.05, 3.63) is 99.9 Å². The zero-order valence-corrected chi connectivity index (χ0v) is 27.9. The van der Waals surface area contributed by atoms with Crippen LogP contribution >= 0.6 is 11.3 Å². The van der Waals surface area contributed by atoms with E-state index in [2.05, 4.69) is 42.3 Å². The second kappa shape index (κ2) is 12.8. The molecule has 0 saturated heterocycles. The van der Waals surface area contributed by atoms with Gasteiger partial charge < -0.3 is 16.4 Å². The fraction of sp³-hybridized carbons (Fsp3) is 0.324. The Labute approximate surface area is 278 Å². The van der Waals surface area contributed by atoms with Crippen LogP contribution in [-0.4, -0.2) is 40.1 Å². The van der Waals surface area contributed by atoms with Crippen molar-refractivity contribution in [3.63, 3.8) is 0 Å². The van der Waals surface area contributed by atoms with Crippen molar-refractivity contribution in [3.8, 4) is 10.4 Å². The van der Waals surface area contributed by atoms with E-state index in [0.717, 1.165) is 50.5 Å². The van der Waals surface area contributed by atoms with Crippen molar-refractivity contribution in [2.45, 2.75) is 71.4 Å². The third kappa shape index (κ3) is 6.34. The Morgan fingerprint density at radius 3 is 2.72 bits per heavy atom. The SMILES string of the molecule is C=NC1=C(/C=C\C)C(Nc2nccc3cc(-c4c(C(N)=O)c(CC(C)C)nc5c4C(=O)NC(C)(Cc4ccc(F)cc4)C5)sc23)CC1. The number of aliphatic imine (C=N–C) groups is 1. The van der Waals surface area contributed by atoms with Crippen molar-refractivity contribution in [2.75, 3.05) is 5.32 Å². The van der Waals surface area contributed by atoms with E-state index in [1.807, 2.05) is 32.1 Å². The number of hydrogen-bond acceptors (Lipinski definition) is 7. The van der Waals surface area contributed by atoms with Gasteiger partial charge in [0, 0.05) is 34.3 Å². The molecule has 242 valence electrons. The molecule has 4 aromatic rings. The van der Waals surface area contributed by atoms with Crippen molar-refractivity contribution in [1.82, 2.24) is 15.3 Å². The molecule has 0 saturated carbocycles. The van der Waals surface area contributed by atoms with Gasteiger partial charge in [0.2, 0.25) is 0 Å². The fourth-order valence-corrected chi connectivity index (χ4v) is 8.03. The molecule has 0 radical (unpaired) electrons. The first-order chi connectivity index (χ1) is 22.5. The van der Waals surface area contributed by atoms with Gasteiger partial charge in [0.05, 0.1) is 33.3 Å². The highest BCUT2D eigenvalue weighted by atomic mass is 32.1. The number of primary amides is 1. The summed E-state index contributed by atoms with van der Waals surface area (Å²) in [7, 11) is 0. The summed E-state index contributed by atoms with van der Waals surface area (Å²) in [5.41, 5.74) is 10.8. The molecule has 47 heavy (non-hydrogen) atoms. The van der Waals surface area contributed by atoms with Crippen molar-refractivity contribution in [2.24, 2.45) is 16.6 Å². The Hall–Kier alpha value is -4.70. The highest BCUT2D eigenvalue weighted by molar-refractivity contribution is 7.22. The van der Waals surface area contributed by atoms with Crippen LogP contribution in [-0.2, 0) is 19.3 Å². The van der Waals surface area contributed by atoms with Crippen molar-refractivity contribution < 1.29 is 14.0 Å². The predicted octanol–water partition coefficient (Wildman–Crippen LogP) is 7.19. The summed E-state index contributed by atoms with van der Waals surface area (Å²) in [5.74, 6) is -0.337. The molecular weight excluding hydrogens is 612 g/mol. The van der Waals surface area contributed by atoms with Gasteiger partial charge in [0.25, 0.3) is 11.8 Å². The second-order valence-electron chi connectivity index (χ2n) is 13.1. The van der Waals surface area contributed by atoms with Gasteiger partial charge in [-0.15, -0.1) is 11.3 Å². The molecule has 0 spiro atoms. The van der Waals surface area contributed by atoms with Crippen LogP contribution in [0.3, 0.4) is 0 Å². The number of nitrogens with one attached hydrogen (secondary N) is 2. The molecule has 8 nitrogen and oxygen atoms in total. The van der Waals surface area contributed by atoms with E-state index in [4.69, 9.17) is 15.7 Å². The van der Waals surface area contributed by atoms with Gasteiger partial charge in [-0.2, -0.15) is 0 Å². The minimum absolute atomic E-state index is 0.0208. The number of allylic oxidation sites excluding steroid dienone is 2. The van der Waals surface area contributed by atoms with Crippen LogP contribution < -0.4 is 16.4 Å². The van der Waals surface area contributed by atoms with Gasteiger partial charge >= 0.3 is 0 Å². The molecule has 2 amide bonds. The topological polar surface area (TPSA) is 122 Å². The summed E-state index contributed by atoms with van der Waals surface area (Å²) in [6, 6.07) is 10.3. The number of benzene rings is 1. The average molecular weight is 651 g/mol. The Morgan fingerprint density at radius 2 is 2.04 bits per heavy atom. The number of anilines is 1. The number of rotatable bonds is 10. The zero-order valence-electron chi connectivity index (χ0n) is 27.1. The molecule has 4 heterocycles. The number of pyridine rings is 2. The van der Waals surface area contributed by atoms with Crippen LogP contribution in [0.4, 0.5) is 10.2 Å². The normalized spacial score (nSPS) is 19.4. The summed E-state index contributed by atoms with van der Waals surface area (Å²) >= 11 is 1.47. The van der Waals surface area contributed by atoms with Gasteiger partial charge in [0.15, 0.2) is 0 Å². The van der Waals surface area contributed by atoms with Crippen LogP contribution in [0.1, 0.15) is 78.2 Å². The Balaban J connectivity index is 1.48. The standard InChI is InChI=1S/C37H39FN6O2S/c1-6-7-24-25(40-5)12-13-26(24)43-35-33-22(14-15-41-35)17-29(47-33)32-30(34(39)45)27(16-20(2)3)42-28-19-37(4,44-36(46)31(28)32)18-21-8-10-23(38)11-9-21/h6-11,14-15,17,20,26H,5,12-13,16,18-19H2,1-4H3,(H2,39,45)(H,41,43)(H,44,46)/b7-6-. The molecule has 3 aromatic heterocycles. The summed E-state index contributed by atoms with van der Waals surface area (Å²) < 4.78 is 14.5. The number of hydrogen-bond donors (Lipinski definition) is 3. The number of halogens is 1. The fourth-order valence-electron chi connectivity index (χ4n) is 6.87. The number of aromatic nitrogens is 2. The highest BCUT2D eigenvalue weighted by Crippen LogP contribution is 2.43. The maximum atomic E-state index is 14.1. The van der Waals surface area contributed by atoms with Crippen LogP contribution in [0, 0.1) is 11.7 Å². The van der Waals surface area contributed by atoms with E-state index < -0.39 is 11.4 Å². The number of nitrogens with zero attached hydrogens (tertiary/aromatic N) is 3. The molecule has 2 unspecified atom stereocenters. The van der Waals surface area contributed by atoms with E-state index in [1.165, 1.54) is 23.5 Å². The van der Waals surface area contributed by atoms with E-state index in [-0.39, 0.29) is 29.2 Å². The summed E-state index contributed by atoms with van der Waals surface area (Å²) in [6.07, 6.45) is 8.96. The lowest BCUT2D eigenvalue weighted by molar-refractivity contribution is 0.0886. The van der Waals surface area contributed by atoms with Gasteiger partial charge in [0.1, 0.15) is 11.6 Å². The number of nitrogens with two attached hydrogens (primary N) is 1. The predicted molar refractivity (Wildman–Crippen MR) is 188 cm³/mol. The first-order valence-corrected chi connectivity index (χ1v) is 16.7. The third-order valence-electron chi connectivity index (χ3n) is 8.81. The number of fused-ring (bicyclic) bond motifs is 2. The second-order valence-corrected chi connectivity index (χ2v) is 14.1. The lowest BCUT2D eigenvalue weighted by atomic mass is 9.81. The monoisotopic (exact) mass is 650 g/mol. The molecule has 1 aromatic carbocycles. The maximum absolute atomic E-state index is 14.1. The average Bonchev–Trinajstić information content (AvgIpc) is 3.61. The van der Waals surface area contributed by atoms with Crippen LogP contribution in [0.2, 0.25) is 0 Å². The Morgan fingerprint density at radius 1 is 1.28 bits per heavy atom. The largest absolute Gasteiger partial charge is 0.366 e. The van der Waals surface area contributed by atoms with E-state index in [0.29, 0.717) is 41.8 Å². The van der Waals surface area contributed by atoms with Crippen LogP contribution in [0.5, 0.6) is 0 Å². The van der Waals surface area contributed by atoms with E-state index in [9.17, 15) is 14.0 Å². The number of carbonyl (C=O) groups excluding carboxylic acids is 2. The smallest absolute Gasteiger partial charge is 0.254 e. The third-order valence-corrected chi connectivity index (χ3v) is 9.98. The van der Waals surface area contributed by atoms with Gasteiger partial charge in [-0.05, 0) is 93.0 Å². The molecule has 0 fully saturated rings. The molecule has 10 heteroatoms. The summed E-state index contributed by atoms with van der Waals surface area (Å²) in [4.78, 5) is 42.0. The molecule has 6 rings (SSSR count). The van der Waals surface area contributed by atoms with Gasteiger partial charge in [-0.3, -0.25) is 19.6 Å². The molecule has 0 bridgehead atoms. The lowest BCUT2D eigenvalue weighted by Crippen LogP contribution is -2.53. The van der Waals surface area contributed by atoms with Crippen LogP contribution in [0.25, 0.3) is 20.5 Å². The zero-order chi connectivity index (χ0) is 33.5. The Bertz CT molecular complexity index is 1960. The minimum atomic E-state index is -0.671. The first-order valence-electron chi connectivity index (χ1n) is 15.9. The Kier molecular flexibility index (Phi) is 8.80. The summed E-state index contributed by atoms with van der Waals surface area (Å²) in [6.45, 7) is 11.8. The molecule has 4 N–H and O–H groups in total. The van der Waals surface area contributed by atoms with Gasteiger partial charge in [-0.1, -0.05) is 38.1 Å². The van der Waals surface area contributed by atoms with Crippen LogP contribution in [0.15, 0.2) is 71.0 Å². The lowest BCUT2D eigenvalue weighted by Gasteiger charge is -2.37. The molecule has 1 aliphatic heterocycles. The summed E-state index contributed by atoms with van der Waals surface area (Å²) in [5, 5.41) is 7.76. The quantitative estimate of drug-likeness (QED) is 0.157. The molecule has 2 atom stereocenters. The maximum Gasteiger partial charge on any atom is 0.254 e. The van der Waals surface area contributed by atoms with Crippen molar-refractivity contribution in [1.29, 1.82) is 0 Å². The molecule has 1 aliphatic carbocycles. The van der Waals surface area contributed by atoms with E-state index >= 15 is 0 Å². The molecule has 2 aliphatic rings. The highest BCUT2D eigenvalue weighted by Gasteiger charge is 2.39.